The maximum Gasteiger partial charge on any atom is 0.306 e. The molecular weight excluding hydrogens is 292 g/mol. The summed E-state index contributed by atoms with van der Waals surface area (Å²) in [7, 11) is -0.621. The van der Waals surface area contributed by atoms with Crippen LogP contribution in [0.25, 0.3) is 0 Å². The molecule has 0 aromatic carbocycles. The summed E-state index contributed by atoms with van der Waals surface area (Å²) in [6, 6.07) is 0. The van der Waals surface area contributed by atoms with E-state index in [1.807, 2.05) is 0 Å². The van der Waals surface area contributed by atoms with Gasteiger partial charge in [-0.05, 0) is 13.8 Å². The lowest BCUT2D eigenvalue weighted by Gasteiger charge is -2.11. The van der Waals surface area contributed by atoms with E-state index < -0.39 is 21.1 Å². The number of nitrogens with zero attached hydrogens (tertiary/aromatic N) is 2. The van der Waals surface area contributed by atoms with Crippen LogP contribution in [0.15, 0.2) is 0 Å². The molecule has 0 aliphatic rings. The number of aryl methyl sites for hydroxylation is 2. The van der Waals surface area contributed by atoms with Crippen LogP contribution in [0.1, 0.15) is 24.6 Å². The highest BCUT2D eigenvalue weighted by atomic mass is 35.5. The quantitative estimate of drug-likeness (QED) is 0.765. The number of hydrogen-bond acceptors (Lipinski definition) is 5. The van der Waals surface area contributed by atoms with Crippen molar-refractivity contribution < 1.29 is 17.9 Å². The van der Waals surface area contributed by atoms with E-state index in [4.69, 9.17) is 11.6 Å². The van der Waals surface area contributed by atoms with Crippen LogP contribution < -0.4 is 0 Å². The van der Waals surface area contributed by atoms with Crippen molar-refractivity contribution in [2.75, 3.05) is 7.11 Å². The van der Waals surface area contributed by atoms with Gasteiger partial charge in [0.05, 0.1) is 30.2 Å². The van der Waals surface area contributed by atoms with E-state index in [1.165, 1.54) is 18.7 Å². The molecule has 1 aromatic rings. The first-order valence-corrected chi connectivity index (χ1v) is 7.74. The van der Waals surface area contributed by atoms with Crippen LogP contribution in [0.2, 0.25) is 5.15 Å². The molecule has 0 spiro atoms. The number of carbonyl (C=O) groups excluding carboxylic acids is 1. The van der Waals surface area contributed by atoms with Gasteiger partial charge in [0.15, 0.2) is 9.84 Å². The van der Waals surface area contributed by atoms with E-state index in [1.54, 1.807) is 14.0 Å². The van der Waals surface area contributed by atoms with Gasteiger partial charge in [0.1, 0.15) is 5.15 Å². The Balaban J connectivity index is 2.93. The van der Waals surface area contributed by atoms with Crippen LogP contribution in [0.4, 0.5) is 0 Å². The molecular formula is C11H17ClN2O4S. The van der Waals surface area contributed by atoms with Crippen molar-refractivity contribution in [3.8, 4) is 0 Å². The Morgan fingerprint density at radius 2 is 2.11 bits per heavy atom. The summed E-state index contributed by atoms with van der Waals surface area (Å²) in [5.41, 5.74) is 1.04. The molecule has 108 valence electrons. The average molecular weight is 309 g/mol. The van der Waals surface area contributed by atoms with Crippen molar-refractivity contribution in [3.63, 3.8) is 0 Å². The standard InChI is InChI=1S/C11H17ClN2O4S/c1-7(5-10(15)18-4)19(16,17)6-9-8(2)13-14(3)11(9)12/h7H,5-6H2,1-4H3. The number of carbonyl (C=O) groups is 1. The predicted molar refractivity (Wildman–Crippen MR) is 71.7 cm³/mol. The zero-order chi connectivity index (χ0) is 14.8. The van der Waals surface area contributed by atoms with Crippen molar-refractivity contribution in [2.45, 2.75) is 31.3 Å². The van der Waals surface area contributed by atoms with Crippen molar-refractivity contribution >= 4 is 27.4 Å². The second kappa shape index (κ2) is 5.92. The maximum absolute atomic E-state index is 12.2. The summed E-state index contributed by atoms with van der Waals surface area (Å²) >= 11 is 6.00. The largest absolute Gasteiger partial charge is 0.469 e. The fraction of sp³-hybridized carbons (Fsp3) is 0.636. The highest BCUT2D eigenvalue weighted by Crippen LogP contribution is 2.23. The highest BCUT2D eigenvalue weighted by molar-refractivity contribution is 7.91. The predicted octanol–water partition coefficient (Wildman–Crippen LogP) is 1.25. The van der Waals surface area contributed by atoms with Gasteiger partial charge in [0.2, 0.25) is 0 Å². The number of esters is 1. The molecule has 1 heterocycles. The highest BCUT2D eigenvalue weighted by Gasteiger charge is 2.27. The lowest BCUT2D eigenvalue weighted by Crippen LogP contribution is -2.23. The Bertz CT molecular complexity index is 580. The van der Waals surface area contributed by atoms with Crippen LogP contribution in [0.5, 0.6) is 0 Å². The normalized spacial score (nSPS) is 13.3. The number of halogens is 1. The number of methoxy groups -OCH3 is 1. The number of rotatable bonds is 5. The first-order chi connectivity index (χ1) is 8.69. The summed E-state index contributed by atoms with van der Waals surface area (Å²) in [4.78, 5) is 11.1. The zero-order valence-electron chi connectivity index (χ0n) is 11.3. The third kappa shape index (κ3) is 3.70. The zero-order valence-corrected chi connectivity index (χ0v) is 12.9. The first-order valence-electron chi connectivity index (χ1n) is 5.65. The Kier molecular flexibility index (Phi) is 4.98. The molecule has 0 amide bonds. The number of sulfone groups is 1. The lowest BCUT2D eigenvalue weighted by atomic mass is 10.3. The summed E-state index contributed by atoms with van der Waals surface area (Å²) in [5, 5.41) is 3.53. The van der Waals surface area contributed by atoms with Gasteiger partial charge in [0, 0.05) is 12.6 Å². The van der Waals surface area contributed by atoms with Crippen LogP contribution in [0, 0.1) is 6.92 Å². The van der Waals surface area contributed by atoms with Gasteiger partial charge < -0.3 is 4.74 Å². The van der Waals surface area contributed by atoms with Crippen LogP contribution >= 0.6 is 11.6 Å². The van der Waals surface area contributed by atoms with E-state index in [9.17, 15) is 13.2 Å². The maximum atomic E-state index is 12.2. The molecule has 0 aliphatic heterocycles. The minimum absolute atomic E-state index is 0.171. The Morgan fingerprint density at radius 1 is 1.53 bits per heavy atom. The molecule has 0 saturated carbocycles. The molecule has 0 N–H and O–H groups in total. The van der Waals surface area contributed by atoms with E-state index >= 15 is 0 Å². The fourth-order valence-electron chi connectivity index (χ4n) is 1.63. The first kappa shape index (κ1) is 16.0. The van der Waals surface area contributed by atoms with Crippen LogP contribution in [-0.2, 0) is 32.2 Å². The molecule has 19 heavy (non-hydrogen) atoms. The summed E-state index contributed by atoms with van der Waals surface area (Å²) in [5.74, 6) is -0.783. The lowest BCUT2D eigenvalue weighted by molar-refractivity contribution is -0.140. The molecule has 1 unspecified atom stereocenters. The van der Waals surface area contributed by atoms with Gasteiger partial charge in [-0.25, -0.2) is 8.42 Å². The van der Waals surface area contributed by atoms with Crippen LogP contribution in [-0.4, -0.2) is 36.5 Å². The molecule has 0 saturated heterocycles. The smallest absolute Gasteiger partial charge is 0.306 e. The summed E-state index contributed by atoms with van der Waals surface area (Å²) in [6.07, 6.45) is -0.171. The molecule has 1 aromatic heterocycles. The molecule has 8 heteroatoms. The molecule has 0 bridgehead atoms. The number of aromatic nitrogens is 2. The van der Waals surface area contributed by atoms with Gasteiger partial charge in [-0.1, -0.05) is 11.6 Å². The summed E-state index contributed by atoms with van der Waals surface area (Å²) < 4.78 is 30.2. The van der Waals surface area contributed by atoms with Gasteiger partial charge in [-0.15, -0.1) is 0 Å². The van der Waals surface area contributed by atoms with Crippen molar-refractivity contribution in [3.05, 3.63) is 16.4 Å². The second-order valence-corrected chi connectivity index (χ2v) is 7.15. The third-order valence-electron chi connectivity index (χ3n) is 2.91. The fourth-order valence-corrected chi connectivity index (χ4v) is 3.37. The number of hydrogen-bond donors (Lipinski definition) is 0. The van der Waals surface area contributed by atoms with Gasteiger partial charge in [-0.2, -0.15) is 5.10 Å². The van der Waals surface area contributed by atoms with E-state index in [0.29, 0.717) is 16.4 Å². The van der Waals surface area contributed by atoms with Crippen LogP contribution in [0.3, 0.4) is 0 Å². The van der Waals surface area contributed by atoms with Crippen molar-refractivity contribution in [2.24, 2.45) is 7.05 Å². The number of ether oxygens (including phenoxy) is 1. The minimum Gasteiger partial charge on any atom is -0.469 e. The average Bonchev–Trinajstić information content (AvgIpc) is 2.55. The molecule has 0 radical (unpaired) electrons. The molecule has 6 nitrogen and oxygen atoms in total. The van der Waals surface area contributed by atoms with E-state index in [-0.39, 0.29) is 12.2 Å². The summed E-state index contributed by atoms with van der Waals surface area (Å²) in [6.45, 7) is 3.17. The Labute approximate surface area is 117 Å². The van der Waals surface area contributed by atoms with E-state index in [2.05, 4.69) is 9.84 Å². The SMILES string of the molecule is COC(=O)CC(C)S(=O)(=O)Cc1c(C)nn(C)c1Cl. The second-order valence-electron chi connectivity index (χ2n) is 4.38. The molecule has 1 rings (SSSR count). The topological polar surface area (TPSA) is 78.3 Å². The Hall–Kier alpha value is -1.08. The van der Waals surface area contributed by atoms with Crippen molar-refractivity contribution in [1.82, 2.24) is 9.78 Å². The van der Waals surface area contributed by atoms with Gasteiger partial charge in [0.25, 0.3) is 0 Å². The molecule has 1 atom stereocenters. The monoisotopic (exact) mass is 308 g/mol. The van der Waals surface area contributed by atoms with E-state index in [0.717, 1.165) is 0 Å². The minimum atomic E-state index is -3.49. The van der Waals surface area contributed by atoms with Gasteiger partial charge >= 0.3 is 5.97 Å². The van der Waals surface area contributed by atoms with Crippen molar-refractivity contribution in [1.29, 1.82) is 0 Å². The van der Waals surface area contributed by atoms with Gasteiger partial charge in [-0.3, -0.25) is 9.48 Å². The molecule has 0 aliphatic carbocycles. The molecule has 0 fully saturated rings. The third-order valence-corrected chi connectivity index (χ3v) is 5.47. The Morgan fingerprint density at radius 3 is 2.53 bits per heavy atom.